The maximum Gasteiger partial charge on any atom is 0.261 e. The van der Waals surface area contributed by atoms with Crippen LogP contribution in [0.2, 0.25) is 0 Å². The first-order chi connectivity index (χ1) is 18.5. The van der Waals surface area contributed by atoms with Gasteiger partial charge in [-0.3, -0.25) is 24.6 Å². The number of benzene rings is 3. The van der Waals surface area contributed by atoms with Gasteiger partial charge in [-0.1, -0.05) is 30.3 Å². The number of nitrogens with one attached hydrogen (secondary N) is 2. The molecule has 3 aromatic carbocycles. The summed E-state index contributed by atoms with van der Waals surface area (Å²) < 4.78 is 17.6. The van der Waals surface area contributed by atoms with Crippen molar-refractivity contribution in [3.8, 4) is 28.5 Å². The van der Waals surface area contributed by atoms with Gasteiger partial charge in [-0.2, -0.15) is 5.10 Å². The number of aromatic nitrogens is 4. The van der Waals surface area contributed by atoms with Crippen LogP contribution in [0, 0.1) is 0 Å². The molecule has 0 aliphatic rings. The van der Waals surface area contributed by atoms with Crippen molar-refractivity contribution in [3.05, 3.63) is 94.4 Å². The molecule has 0 unspecified atom stereocenters. The number of aromatic amines is 1. The number of anilines is 1. The molecule has 10 nitrogen and oxygen atoms in total. The third-order valence-electron chi connectivity index (χ3n) is 6.00. The molecule has 0 aliphatic heterocycles. The zero-order chi connectivity index (χ0) is 26.6. The van der Waals surface area contributed by atoms with Crippen molar-refractivity contribution in [1.29, 1.82) is 0 Å². The van der Waals surface area contributed by atoms with Crippen molar-refractivity contribution >= 4 is 22.8 Å². The molecule has 5 rings (SSSR count). The van der Waals surface area contributed by atoms with E-state index in [4.69, 9.17) is 19.3 Å². The van der Waals surface area contributed by atoms with Crippen molar-refractivity contribution in [2.75, 3.05) is 26.6 Å². The van der Waals surface area contributed by atoms with Gasteiger partial charge in [0.1, 0.15) is 11.4 Å². The van der Waals surface area contributed by atoms with Gasteiger partial charge < -0.3 is 14.2 Å². The van der Waals surface area contributed by atoms with E-state index in [9.17, 15) is 9.59 Å². The lowest BCUT2D eigenvalue weighted by Gasteiger charge is -2.10. The molecule has 0 bridgehead atoms. The molecule has 2 N–H and O–H groups in total. The quantitative estimate of drug-likeness (QED) is 0.322. The molecule has 2 aromatic heterocycles. The fraction of sp³-hybridized carbons (Fsp3) is 0.143. The molecule has 0 saturated heterocycles. The lowest BCUT2D eigenvalue weighted by molar-refractivity contribution is 0.102. The van der Waals surface area contributed by atoms with Crippen molar-refractivity contribution in [2.45, 2.75) is 6.54 Å². The Bertz CT molecular complexity index is 1660. The largest absolute Gasteiger partial charge is 0.497 e. The lowest BCUT2D eigenvalue weighted by Crippen LogP contribution is -2.19. The number of rotatable bonds is 8. The molecule has 38 heavy (non-hydrogen) atoms. The molecule has 0 saturated carbocycles. The Kier molecular flexibility index (Phi) is 6.77. The lowest BCUT2D eigenvalue weighted by atomic mass is 10.1. The number of amides is 1. The second kappa shape index (κ2) is 10.5. The summed E-state index contributed by atoms with van der Waals surface area (Å²) in [6, 6.07) is 20.2. The minimum atomic E-state index is -0.474. The number of fused-ring (bicyclic) bond motifs is 1. The van der Waals surface area contributed by atoms with Crippen LogP contribution in [-0.2, 0) is 6.54 Å². The molecule has 5 aromatic rings. The highest BCUT2D eigenvalue weighted by Gasteiger charge is 2.20. The van der Waals surface area contributed by atoms with Gasteiger partial charge in [0.25, 0.3) is 11.5 Å². The van der Waals surface area contributed by atoms with Gasteiger partial charge in [0.05, 0.1) is 44.3 Å². The summed E-state index contributed by atoms with van der Waals surface area (Å²) in [5.41, 5.74) is 2.49. The summed E-state index contributed by atoms with van der Waals surface area (Å²) in [6.07, 6.45) is 1.68. The van der Waals surface area contributed by atoms with Crippen LogP contribution >= 0.6 is 0 Å². The molecule has 0 aliphatic carbocycles. The second-order valence-corrected chi connectivity index (χ2v) is 8.40. The highest BCUT2D eigenvalue weighted by Crippen LogP contribution is 2.30. The van der Waals surface area contributed by atoms with Crippen molar-refractivity contribution in [3.63, 3.8) is 0 Å². The van der Waals surface area contributed by atoms with E-state index < -0.39 is 11.5 Å². The summed E-state index contributed by atoms with van der Waals surface area (Å²) in [5, 5.41) is 7.71. The summed E-state index contributed by atoms with van der Waals surface area (Å²) in [7, 11) is 4.57. The topological polar surface area (TPSA) is 120 Å². The second-order valence-electron chi connectivity index (χ2n) is 8.40. The zero-order valence-corrected chi connectivity index (χ0v) is 21.0. The first kappa shape index (κ1) is 24.6. The van der Waals surface area contributed by atoms with Crippen LogP contribution in [0.25, 0.3) is 22.2 Å². The highest BCUT2D eigenvalue weighted by molar-refractivity contribution is 6.07. The minimum absolute atomic E-state index is 0.00351. The van der Waals surface area contributed by atoms with Crippen molar-refractivity contribution < 1.29 is 19.0 Å². The van der Waals surface area contributed by atoms with Crippen molar-refractivity contribution in [2.24, 2.45) is 0 Å². The fourth-order valence-electron chi connectivity index (χ4n) is 4.10. The number of ether oxygens (including phenoxy) is 3. The Hall–Kier alpha value is -5.12. The van der Waals surface area contributed by atoms with E-state index in [-0.39, 0.29) is 5.95 Å². The number of H-pyrrole nitrogens is 1. The van der Waals surface area contributed by atoms with Gasteiger partial charge in [0.15, 0.2) is 11.5 Å². The van der Waals surface area contributed by atoms with Crippen LogP contribution in [0.1, 0.15) is 15.9 Å². The van der Waals surface area contributed by atoms with Gasteiger partial charge in [-0.25, -0.2) is 4.98 Å². The molecule has 1 amide bonds. The van der Waals surface area contributed by atoms with Crippen LogP contribution in [0.4, 0.5) is 5.95 Å². The van der Waals surface area contributed by atoms with E-state index in [1.165, 1.54) is 14.2 Å². The Balaban J connectivity index is 1.51. The van der Waals surface area contributed by atoms with Gasteiger partial charge in [-0.05, 0) is 35.9 Å². The molecular weight excluding hydrogens is 486 g/mol. The molecule has 0 spiro atoms. The number of hydrogen-bond donors (Lipinski definition) is 2. The SMILES string of the molecule is COc1ccc(-c2nn(Cc3ccccc3)cc2C(=O)Nc2nc3cc(OC)c(OC)cc3c(=O)[nH]2)cc1. The summed E-state index contributed by atoms with van der Waals surface area (Å²) in [4.78, 5) is 33.3. The normalized spacial score (nSPS) is 10.8. The molecule has 0 atom stereocenters. The van der Waals surface area contributed by atoms with E-state index >= 15 is 0 Å². The van der Waals surface area contributed by atoms with Gasteiger partial charge >= 0.3 is 0 Å². The Labute approximate surface area is 217 Å². The van der Waals surface area contributed by atoms with Crippen molar-refractivity contribution in [1.82, 2.24) is 19.7 Å². The van der Waals surface area contributed by atoms with E-state index in [2.05, 4.69) is 15.3 Å². The Morgan fingerprint density at radius 2 is 1.66 bits per heavy atom. The first-order valence-corrected chi connectivity index (χ1v) is 11.7. The van der Waals surface area contributed by atoms with Gasteiger partial charge in [0, 0.05) is 17.8 Å². The molecular formula is C28H25N5O5. The monoisotopic (exact) mass is 511 g/mol. The summed E-state index contributed by atoms with van der Waals surface area (Å²) >= 11 is 0. The highest BCUT2D eigenvalue weighted by atomic mass is 16.5. The Morgan fingerprint density at radius 3 is 2.34 bits per heavy atom. The van der Waals surface area contributed by atoms with Gasteiger partial charge in [0.2, 0.25) is 5.95 Å². The number of carbonyl (C=O) groups is 1. The van der Waals surface area contributed by atoms with Gasteiger partial charge in [-0.15, -0.1) is 0 Å². The smallest absolute Gasteiger partial charge is 0.261 e. The molecule has 2 heterocycles. The summed E-state index contributed by atoms with van der Waals surface area (Å²) in [6.45, 7) is 0.476. The molecule has 0 radical (unpaired) electrons. The third kappa shape index (κ3) is 4.92. The molecule has 192 valence electrons. The van der Waals surface area contributed by atoms with E-state index in [1.807, 2.05) is 42.5 Å². The first-order valence-electron chi connectivity index (χ1n) is 11.7. The maximum absolute atomic E-state index is 13.5. The average molecular weight is 512 g/mol. The third-order valence-corrected chi connectivity index (χ3v) is 6.00. The Morgan fingerprint density at radius 1 is 0.947 bits per heavy atom. The minimum Gasteiger partial charge on any atom is -0.497 e. The number of hydrogen-bond acceptors (Lipinski definition) is 7. The fourth-order valence-corrected chi connectivity index (χ4v) is 4.10. The zero-order valence-electron chi connectivity index (χ0n) is 21.0. The number of carbonyl (C=O) groups excluding carboxylic acids is 1. The van der Waals surface area contributed by atoms with E-state index in [0.29, 0.717) is 46.0 Å². The standard InChI is InChI=1S/C28H25N5O5/c1-36-19-11-9-18(10-12-19)25-21(16-33(32-25)15-17-7-5-4-6-8-17)27(35)31-28-29-22-14-24(38-3)23(37-2)13-20(22)26(34)30-28/h4-14,16H,15H2,1-3H3,(H2,29,30,31,34,35). The van der Waals surface area contributed by atoms with Crippen LogP contribution in [-0.4, -0.2) is 47.0 Å². The van der Waals surface area contributed by atoms with Crippen LogP contribution in [0.3, 0.4) is 0 Å². The van der Waals surface area contributed by atoms with E-state index in [1.54, 1.807) is 42.3 Å². The summed E-state index contributed by atoms with van der Waals surface area (Å²) in [5.74, 6) is 1.03. The number of nitrogens with zero attached hydrogens (tertiary/aromatic N) is 3. The van der Waals surface area contributed by atoms with Crippen LogP contribution in [0.5, 0.6) is 17.2 Å². The van der Waals surface area contributed by atoms with Crippen LogP contribution in [0.15, 0.2) is 77.7 Å². The number of methoxy groups -OCH3 is 3. The predicted molar refractivity (Wildman–Crippen MR) is 143 cm³/mol. The maximum atomic E-state index is 13.5. The van der Waals surface area contributed by atoms with Crippen LogP contribution < -0.4 is 25.1 Å². The molecule has 10 heteroatoms. The molecule has 0 fully saturated rings. The average Bonchev–Trinajstić information content (AvgIpc) is 3.36. The predicted octanol–water partition coefficient (Wildman–Crippen LogP) is 4.11. The van der Waals surface area contributed by atoms with E-state index in [0.717, 1.165) is 11.1 Å².